The molecule has 0 atom stereocenters. The molecule has 0 aliphatic carbocycles. The number of pyridine rings is 1. The lowest BCUT2D eigenvalue weighted by Gasteiger charge is -2.24. The average molecular weight is 306 g/mol. The van der Waals surface area contributed by atoms with Gasteiger partial charge in [0.1, 0.15) is 5.82 Å². The minimum Gasteiger partial charge on any atom is -0.373 e. The predicted octanol–water partition coefficient (Wildman–Crippen LogP) is 3.48. The SMILES string of the molecule is CNc1ccc([N+](=O)[O-])c(NCC(C)(C)c2cccs2)n1. The average Bonchev–Trinajstić information content (AvgIpc) is 2.99. The van der Waals surface area contributed by atoms with Crippen LogP contribution in [-0.4, -0.2) is 23.5 Å². The zero-order valence-corrected chi connectivity index (χ0v) is 13.0. The van der Waals surface area contributed by atoms with Gasteiger partial charge in [0.05, 0.1) is 4.92 Å². The maximum atomic E-state index is 11.1. The fourth-order valence-corrected chi connectivity index (χ4v) is 2.78. The number of nitro groups is 1. The topological polar surface area (TPSA) is 80.1 Å². The molecule has 2 aromatic rings. The first-order valence-corrected chi connectivity index (χ1v) is 7.43. The normalized spacial score (nSPS) is 11.2. The second-order valence-corrected chi connectivity index (χ2v) is 6.23. The van der Waals surface area contributed by atoms with Crippen molar-refractivity contribution >= 4 is 28.7 Å². The number of hydrogen-bond acceptors (Lipinski definition) is 6. The van der Waals surface area contributed by atoms with Gasteiger partial charge in [0.15, 0.2) is 0 Å². The van der Waals surface area contributed by atoms with Crippen LogP contribution in [0.25, 0.3) is 0 Å². The molecule has 0 fully saturated rings. The molecule has 0 aliphatic heterocycles. The number of anilines is 2. The van der Waals surface area contributed by atoms with E-state index in [9.17, 15) is 10.1 Å². The van der Waals surface area contributed by atoms with Gasteiger partial charge in [-0.15, -0.1) is 11.3 Å². The van der Waals surface area contributed by atoms with Crippen molar-refractivity contribution in [1.29, 1.82) is 0 Å². The van der Waals surface area contributed by atoms with E-state index < -0.39 is 4.92 Å². The van der Waals surface area contributed by atoms with E-state index in [-0.39, 0.29) is 16.9 Å². The van der Waals surface area contributed by atoms with Crippen molar-refractivity contribution in [3.05, 3.63) is 44.6 Å². The van der Waals surface area contributed by atoms with Crippen LogP contribution < -0.4 is 10.6 Å². The lowest BCUT2D eigenvalue weighted by atomic mass is 9.91. The predicted molar refractivity (Wildman–Crippen MR) is 86.3 cm³/mol. The number of hydrogen-bond donors (Lipinski definition) is 2. The van der Waals surface area contributed by atoms with Gasteiger partial charge < -0.3 is 10.6 Å². The Morgan fingerprint density at radius 2 is 2.14 bits per heavy atom. The Morgan fingerprint density at radius 3 is 2.71 bits per heavy atom. The molecule has 0 amide bonds. The molecular weight excluding hydrogens is 288 g/mol. The third kappa shape index (κ3) is 3.49. The van der Waals surface area contributed by atoms with Gasteiger partial charge in [-0.1, -0.05) is 19.9 Å². The molecule has 0 saturated carbocycles. The Balaban J connectivity index is 2.21. The molecule has 0 saturated heterocycles. The van der Waals surface area contributed by atoms with Gasteiger partial charge in [-0.2, -0.15) is 0 Å². The summed E-state index contributed by atoms with van der Waals surface area (Å²) in [4.78, 5) is 16.1. The molecule has 0 aromatic carbocycles. The molecule has 112 valence electrons. The highest BCUT2D eigenvalue weighted by atomic mass is 32.1. The summed E-state index contributed by atoms with van der Waals surface area (Å²) in [5.74, 6) is 0.883. The molecule has 6 nitrogen and oxygen atoms in total. The third-order valence-corrected chi connectivity index (χ3v) is 4.45. The Labute approximate surface area is 127 Å². The second kappa shape index (κ2) is 6.09. The van der Waals surface area contributed by atoms with Crippen LogP contribution in [0, 0.1) is 10.1 Å². The van der Waals surface area contributed by atoms with Crippen LogP contribution in [-0.2, 0) is 5.41 Å². The van der Waals surface area contributed by atoms with Crippen molar-refractivity contribution in [3.63, 3.8) is 0 Å². The van der Waals surface area contributed by atoms with Gasteiger partial charge >= 0.3 is 5.69 Å². The van der Waals surface area contributed by atoms with Crippen molar-refractivity contribution in [1.82, 2.24) is 4.98 Å². The van der Waals surface area contributed by atoms with E-state index in [0.29, 0.717) is 12.4 Å². The molecule has 21 heavy (non-hydrogen) atoms. The monoisotopic (exact) mass is 306 g/mol. The molecule has 0 aliphatic rings. The van der Waals surface area contributed by atoms with Crippen LogP contribution in [0.5, 0.6) is 0 Å². The quantitative estimate of drug-likeness (QED) is 0.631. The lowest BCUT2D eigenvalue weighted by Crippen LogP contribution is -2.27. The van der Waals surface area contributed by atoms with E-state index in [1.165, 1.54) is 10.9 Å². The smallest absolute Gasteiger partial charge is 0.311 e. The number of rotatable bonds is 6. The van der Waals surface area contributed by atoms with Gasteiger partial charge in [0, 0.05) is 30.0 Å². The zero-order chi connectivity index (χ0) is 15.5. The summed E-state index contributed by atoms with van der Waals surface area (Å²) < 4.78 is 0. The highest BCUT2D eigenvalue weighted by Crippen LogP contribution is 2.30. The standard InChI is InChI=1S/C14H18N4O2S/c1-14(2,11-5-4-8-21-11)9-16-13-10(18(19)20)6-7-12(15-3)17-13/h4-8H,9H2,1-3H3,(H2,15,16,17). The second-order valence-electron chi connectivity index (χ2n) is 5.29. The third-order valence-electron chi connectivity index (χ3n) is 3.21. The maximum Gasteiger partial charge on any atom is 0.311 e. The lowest BCUT2D eigenvalue weighted by molar-refractivity contribution is -0.384. The van der Waals surface area contributed by atoms with Crippen molar-refractivity contribution in [3.8, 4) is 0 Å². The number of nitrogens with one attached hydrogen (secondary N) is 2. The summed E-state index contributed by atoms with van der Waals surface area (Å²) >= 11 is 1.68. The Bertz CT molecular complexity index is 626. The minimum absolute atomic E-state index is 0.0176. The largest absolute Gasteiger partial charge is 0.373 e. The number of aromatic nitrogens is 1. The van der Waals surface area contributed by atoms with Crippen LogP contribution in [0.15, 0.2) is 29.6 Å². The number of thiophene rings is 1. The van der Waals surface area contributed by atoms with Crippen molar-refractivity contribution in [2.24, 2.45) is 0 Å². The van der Waals surface area contributed by atoms with Crippen LogP contribution in [0.2, 0.25) is 0 Å². The minimum atomic E-state index is -0.424. The highest BCUT2D eigenvalue weighted by molar-refractivity contribution is 7.10. The summed E-state index contributed by atoms with van der Waals surface area (Å²) in [5, 5.41) is 19.1. The fourth-order valence-electron chi connectivity index (χ4n) is 1.92. The summed E-state index contributed by atoms with van der Waals surface area (Å²) in [5.41, 5.74) is -0.143. The Morgan fingerprint density at radius 1 is 1.38 bits per heavy atom. The van der Waals surface area contributed by atoms with E-state index in [0.717, 1.165) is 0 Å². The Hall–Kier alpha value is -2.15. The fraction of sp³-hybridized carbons (Fsp3) is 0.357. The molecule has 0 unspecified atom stereocenters. The van der Waals surface area contributed by atoms with Crippen molar-refractivity contribution < 1.29 is 4.92 Å². The highest BCUT2D eigenvalue weighted by Gasteiger charge is 2.24. The van der Waals surface area contributed by atoms with Crippen molar-refractivity contribution in [2.75, 3.05) is 24.2 Å². The van der Waals surface area contributed by atoms with E-state index in [1.54, 1.807) is 24.5 Å². The van der Waals surface area contributed by atoms with E-state index in [2.05, 4.69) is 35.5 Å². The van der Waals surface area contributed by atoms with Crippen molar-refractivity contribution in [2.45, 2.75) is 19.3 Å². The summed E-state index contributed by atoms with van der Waals surface area (Å²) in [6, 6.07) is 7.12. The molecule has 0 spiro atoms. The summed E-state index contributed by atoms with van der Waals surface area (Å²) in [6.45, 7) is 4.76. The maximum absolute atomic E-state index is 11.1. The molecule has 2 rings (SSSR count). The van der Waals surface area contributed by atoms with E-state index in [4.69, 9.17) is 0 Å². The van der Waals surface area contributed by atoms with Gasteiger partial charge in [-0.05, 0) is 17.5 Å². The Kier molecular flexibility index (Phi) is 4.42. The van der Waals surface area contributed by atoms with Gasteiger partial charge in [-0.25, -0.2) is 4.98 Å². The van der Waals surface area contributed by atoms with Gasteiger partial charge in [0.2, 0.25) is 5.82 Å². The van der Waals surface area contributed by atoms with Crippen LogP contribution >= 0.6 is 11.3 Å². The molecule has 2 N–H and O–H groups in total. The molecule has 2 heterocycles. The van der Waals surface area contributed by atoms with E-state index in [1.807, 2.05) is 11.4 Å². The molecule has 0 radical (unpaired) electrons. The first-order valence-electron chi connectivity index (χ1n) is 6.55. The molecule has 0 bridgehead atoms. The van der Waals surface area contributed by atoms with Crippen LogP contribution in [0.3, 0.4) is 0 Å². The first-order chi connectivity index (χ1) is 9.94. The number of nitrogens with zero attached hydrogens (tertiary/aromatic N) is 2. The van der Waals surface area contributed by atoms with Gasteiger partial charge in [0.25, 0.3) is 0 Å². The van der Waals surface area contributed by atoms with Crippen LogP contribution in [0.4, 0.5) is 17.3 Å². The zero-order valence-electron chi connectivity index (χ0n) is 12.2. The first kappa shape index (κ1) is 15.2. The molecule has 2 aromatic heterocycles. The molecule has 7 heteroatoms. The molecular formula is C14H18N4O2S. The van der Waals surface area contributed by atoms with E-state index >= 15 is 0 Å². The van der Waals surface area contributed by atoms with Gasteiger partial charge in [-0.3, -0.25) is 10.1 Å². The summed E-state index contributed by atoms with van der Waals surface area (Å²) in [6.07, 6.45) is 0. The summed E-state index contributed by atoms with van der Waals surface area (Å²) in [7, 11) is 1.73. The van der Waals surface area contributed by atoms with Crippen LogP contribution in [0.1, 0.15) is 18.7 Å².